The molecule has 3 rings (SSSR count). The van der Waals surface area contributed by atoms with Crippen LogP contribution < -0.4 is 10.1 Å². The Balaban J connectivity index is 2.08. The quantitative estimate of drug-likeness (QED) is 0.0648. The number of benzene rings is 2. The van der Waals surface area contributed by atoms with Crippen molar-refractivity contribution in [2.45, 2.75) is 96.3 Å². The van der Waals surface area contributed by atoms with Gasteiger partial charge >= 0.3 is 0 Å². The molecule has 2 aromatic carbocycles. The highest BCUT2D eigenvalue weighted by Crippen LogP contribution is 2.42. The average Bonchev–Trinajstić information content (AvgIpc) is 2.95. The van der Waals surface area contributed by atoms with Crippen LogP contribution in [0.15, 0.2) is 47.1 Å². The monoisotopic (exact) mass is 705 g/mol. The molecule has 0 aliphatic heterocycles. The van der Waals surface area contributed by atoms with Gasteiger partial charge in [0.2, 0.25) is 0 Å². The van der Waals surface area contributed by atoms with E-state index in [1.807, 2.05) is 13.8 Å². The van der Waals surface area contributed by atoms with Gasteiger partial charge in [-0.2, -0.15) is 0 Å². The third-order valence-corrected chi connectivity index (χ3v) is 14.4. The van der Waals surface area contributed by atoms with Gasteiger partial charge in [-0.1, -0.05) is 42.8 Å². The highest BCUT2D eigenvalue weighted by molar-refractivity contribution is 7.91. The highest BCUT2D eigenvalue weighted by atomic mass is 35.5. The molecule has 10 nitrogen and oxygen atoms in total. The van der Waals surface area contributed by atoms with Crippen molar-refractivity contribution in [1.82, 2.24) is 9.97 Å². The number of nitrogens with one attached hydrogen (secondary N) is 1. The van der Waals surface area contributed by atoms with E-state index in [1.165, 1.54) is 31.8 Å². The van der Waals surface area contributed by atoms with E-state index in [1.54, 1.807) is 39.0 Å². The second kappa shape index (κ2) is 14.6. The van der Waals surface area contributed by atoms with Gasteiger partial charge in [-0.25, -0.2) is 14.4 Å². The Kier molecular flexibility index (Phi) is 11.9. The van der Waals surface area contributed by atoms with Crippen molar-refractivity contribution >= 4 is 48.9 Å². The number of ether oxygens (including phenoxy) is 1. The number of halogens is 2. The highest BCUT2D eigenvalue weighted by Gasteiger charge is 2.43. The lowest BCUT2D eigenvalue weighted by molar-refractivity contribution is -0.384. The molecule has 1 N–H and O–H groups in total. The Morgan fingerprint density at radius 3 is 2.28 bits per heavy atom. The summed E-state index contributed by atoms with van der Waals surface area (Å²) in [6, 6.07) is 6.57. The van der Waals surface area contributed by atoms with Crippen LogP contribution in [-0.4, -0.2) is 45.8 Å². The third kappa shape index (κ3) is 9.29. The van der Waals surface area contributed by atoms with Crippen LogP contribution >= 0.6 is 11.6 Å². The van der Waals surface area contributed by atoms with Gasteiger partial charge < -0.3 is 19.0 Å². The van der Waals surface area contributed by atoms with E-state index in [0.29, 0.717) is 27.7 Å². The van der Waals surface area contributed by atoms with Crippen molar-refractivity contribution in [2.24, 2.45) is 4.40 Å². The van der Waals surface area contributed by atoms with Crippen molar-refractivity contribution in [3.05, 3.63) is 75.1 Å². The Bertz CT molecular complexity index is 1610. The standard InChI is InChI=1S/C33H45ClFN5O5SSi/c1-31(2,3)46(43)38-16-15-25(29-23(34)13-12-14-28(29)44-9)39-26-17-22(24(35)18-27(26)40(41)42)21-19-36-30(37-20-21)33(7,8)45-47(10,11)32(4,5)6/h12-14,16-20,25,39H,15H2,1-11H3/t25-,46-/m1/s1. The normalized spacial score (nSPS) is 14.3. The number of rotatable bonds is 12. The Labute approximate surface area is 286 Å². The first-order valence-corrected chi connectivity index (χ1v) is 19.5. The summed E-state index contributed by atoms with van der Waals surface area (Å²) in [5.74, 6) is 0.0470. The zero-order valence-corrected chi connectivity index (χ0v) is 31.5. The molecule has 47 heavy (non-hydrogen) atoms. The van der Waals surface area contributed by atoms with Crippen LogP contribution in [0.1, 0.15) is 79.2 Å². The summed E-state index contributed by atoms with van der Waals surface area (Å²) in [4.78, 5) is 20.5. The zero-order chi connectivity index (χ0) is 35.5. The lowest BCUT2D eigenvalue weighted by Crippen LogP contribution is -2.46. The molecule has 14 heteroatoms. The minimum atomic E-state index is -2.17. The molecule has 0 saturated carbocycles. The lowest BCUT2D eigenvalue weighted by atomic mass is 10.0. The van der Waals surface area contributed by atoms with E-state index in [9.17, 15) is 14.7 Å². The molecule has 1 heterocycles. The summed E-state index contributed by atoms with van der Waals surface area (Å²) in [5.41, 5.74) is -0.391. The number of hydrogen-bond donors (Lipinski definition) is 1. The molecular formula is C33H45ClFN5O5SSi. The Morgan fingerprint density at radius 2 is 1.74 bits per heavy atom. The van der Waals surface area contributed by atoms with Crippen LogP contribution in [0.5, 0.6) is 5.75 Å². The first-order valence-electron chi connectivity index (χ1n) is 15.1. The van der Waals surface area contributed by atoms with Crippen LogP contribution in [0, 0.1) is 15.9 Å². The minimum absolute atomic E-state index is 0.0226. The maximum Gasteiger partial charge on any atom is 0.295 e. The maximum atomic E-state index is 15.5. The van der Waals surface area contributed by atoms with Gasteiger partial charge in [0.15, 0.2) is 14.1 Å². The van der Waals surface area contributed by atoms with Crippen molar-refractivity contribution in [3.63, 3.8) is 0 Å². The van der Waals surface area contributed by atoms with Gasteiger partial charge in [0.1, 0.15) is 39.0 Å². The molecular weight excluding hydrogens is 661 g/mol. The number of nitro benzene ring substituents is 1. The van der Waals surface area contributed by atoms with Crippen molar-refractivity contribution in [2.75, 3.05) is 12.4 Å². The topological polar surface area (TPSA) is 135 Å². The Hall–Kier alpha value is -3.10. The molecule has 0 bridgehead atoms. The van der Waals surface area contributed by atoms with E-state index in [2.05, 4.69) is 53.5 Å². The SMILES string of the molecule is COc1cccc(Cl)c1[C@@H](CC=N[S@+]([O-])C(C)(C)C)Nc1cc(-c2cnc(C(C)(C)O[Si](C)(C)C(C)(C)C)nc2)c(F)cc1[N+](=O)[O-]. The van der Waals surface area contributed by atoms with Gasteiger partial charge in [-0.3, -0.25) is 10.1 Å². The van der Waals surface area contributed by atoms with Gasteiger partial charge in [-0.15, -0.1) is 0 Å². The summed E-state index contributed by atoms with van der Waals surface area (Å²) in [6.45, 7) is 19.9. The van der Waals surface area contributed by atoms with Gasteiger partial charge in [-0.05, 0) is 71.0 Å². The first kappa shape index (κ1) is 38.3. The minimum Gasteiger partial charge on any atom is -0.591 e. The van der Waals surface area contributed by atoms with Crippen molar-refractivity contribution in [1.29, 1.82) is 0 Å². The second-order valence-corrected chi connectivity index (χ2v) is 21.3. The lowest BCUT2D eigenvalue weighted by Gasteiger charge is -2.42. The second-order valence-electron chi connectivity index (χ2n) is 14.2. The molecule has 0 radical (unpaired) electrons. The van der Waals surface area contributed by atoms with Crippen LogP contribution in [0.4, 0.5) is 15.8 Å². The summed E-state index contributed by atoms with van der Waals surface area (Å²) in [6.07, 6.45) is 4.58. The number of nitrogens with zero attached hydrogens (tertiary/aromatic N) is 4. The number of hydrogen-bond acceptors (Lipinski definition) is 9. The van der Waals surface area contributed by atoms with Crippen LogP contribution in [0.3, 0.4) is 0 Å². The molecule has 256 valence electrons. The molecule has 0 amide bonds. The van der Waals surface area contributed by atoms with Crippen molar-refractivity contribution < 1.29 is 23.0 Å². The zero-order valence-electron chi connectivity index (χ0n) is 28.9. The first-order chi connectivity index (χ1) is 21.6. The molecule has 0 fully saturated rings. The summed E-state index contributed by atoms with van der Waals surface area (Å²) >= 11 is 5.08. The maximum absolute atomic E-state index is 15.5. The molecule has 3 aromatic rings. The predicted octanol–water partition coefficient (Wildman–Crippen LogP) is 9.19. The summed E-state index contributed by atoms with van der Waals surface area (Å²) in [5, 5.41) is 15.6. The van der Waals surface area contributed by atoms with E-state index in [-0.39, 0.29) is 22.7 Å². The summed E-state index contributed by atoms with van der Waals surface area (Å²) < 4.78 is 43.9. The van der Waals surface area contributed by atoms with Gasteiger partial charge in [0.25, 0.3) is 5.69 Å². The fraction of sp³-hybridized carbons (Fsp3) is 0.485. The fourth-order valence-electron chi connectivity index (χ4n) is 4.51. The van der Waals surface area contributed by atoms with Crippen LogP contribution in [0.25, 0.3) is 11.1 Å². The molecule has 0 saturated heterocycles. The van der Waals surface area contributed by atoms with E-state index < -0.39 is 52.5 Å². The molecule has 2 atom stereocenters. The molecule has 0 spiro atoms. The molecule has 0 unspecified atom stereocenters. The van der Waals surface area contributed by atoms with E-state index in [4.69, 9.17) is 20.8 Å². The van der Waals surface area contributed by atoms with E-state index in [0.717, 1.165) is 6.07 Å². The fourth-order valence-corrected chi connectivity index (χ4v) is 7.02. The third-order valence-electron chi connectivity index (χ3n) is 8.05. The van der Waals surface area contributed by atoms with E-state index >= 15 is 4.39 Å². The number of nitro groups is 1. The largest absolute Gasteiger partial charge is 0.591 e. The van der Waals surface area contributed by atoms with Crippen molar-refractivity contribution in [3.8, 4) is 16.9 Å². The number of methoxy groups -OCH3 is 1. The molecule has 0 aliphatic carbocycles. The average molecular weight is 706 g/mol. The van der Waals surface area contributed by atoms with Gasteiger partial charge in [0, 0.05) is 40.5 Å². The number of anilines is 1. The predicted molar refractivity (Wildman–Crippen MR) is 191 cm³/mol. The summed E-state index contributed by atoms with van der Waals surface area (Å²) in [7, 11) is -0.689. The Morgan fingerprint density at radius 1 is 1.13 bits per heavy atom. The van der Waals surface area contributed by atoms with Crippen LogP contribution in [0.2, 0.25) is 23.2 Å². The van der Waals surface area contributed by atoms with Gasteiger partial charge in [0.05, 0.1) is 30.4 Å². The smallest absolute Gasteiger partial charge is 0.295 e. The number of aromatic nitrogens is 2. The molecule has 0 aliphatic rings. The molecule has 1 aromatic heterocycles. The van der Waals surface area contributed by atoms with Crippen LogP contribution in [-0.2, 0) is 21.4 Å².